The molecule has 0 aliphatic rings. The number of hydrogen-bond acceptors (Lipinski definition) is 3. The van der Waals surface area contributed by atoms with Crippen LogP contribution in [0.2, 0.25) is 0 Å². The van der Waals surface area contributed by atoms with Gasteiger partial charge in [-0.2, -0.15) is 0 Å². The van der Waals surface area contributed by atoms with Crippen LogP contribution in [0.3, 0.4) is 0 Å². The van der Waals surface area contributed by atoms with Gasteiger partial charge in [-0.15, -0.1) is 0 Å². The second-order valence-electron chi connectivity index (χ2n) is 7.94. The van der Waals surface area contributed by atoms with Crippen LogP contribution < -0.4 is 5.32 Å². The number of carbonyl (C=O) groups excluding carboxylic acids is 1. The maximum Gasteiger partial charge on any atom is 0.411 e. The second-order valence-corrected chi connectivity index (χ2v) is 7.94. The maximum absolute atomic E-state index is 12.1. The summed E-state index contributed by atoms with van der Waals surface area (Å²) in [6.45, 7) is 2.10. The molecule has 34 heavy (non-hydrogen) atoms. The summed E-state index contributed by atoms with van der Waals surface area (Å²) in [6.07, 6.45) is -0.473. The van der Waals surface area contributed by atoms with Gasteiger partial charge in [0.15, 0.2) is 0 Å². The van der Waals surface area contributed by atoms with Crippen LogP contribution in [0.25, 0.3) is 22.4 Å². The van der Waals surface area contributed by atoms with Gasteiger partial charge in [-0.25, -0.2) is 9.78 Å². The topological polar surface area (TPSA) is 56.1 Å². The van der Waals surface area contributed by atoms with E-state index in [0.717, 1.165) is 33.5 Å². The number of anilines is 1. The summed E-state index contributed by atoms with van der Waals surface area (Å²) in [5, 5.41) is 2.83. The molecule has 4 aromatic carbocycles. The number of fused-ring (bicyclic) bond motifs is 1. The fourth-order valence-electron chi connectivity index (χ4n) is 4.27. The molecule has 168 valence electrons. The van der Waals surface area contributed by atoms with Crippen LogP contribution in [-0.2, 0) is 4.74 Å². The Balaban J connectivity index is 1.77. The Morgan fingerprint density at radius 1 is 0.853 bits per heavy atom. The molecule has 1 aromatic heterocycles. The van der Waals surface area contributed by atoms with Gasteiger partial charge >= 0.3 is 6.09 Å². The molecular weight excluding hydrogens is 422 g/mol. The molecule has 0 atom stereocenters. The number of aromatic nitrogens is 2. The van der Waals surface area contributed by atoms with Crippen LogP contribution in [0, 0.1) is 0 Å². The largest absolute Gasteiger partial charge is 0.450 e. The molecular formula is C29H25N3O2. The molecule has 5 aromatic rings. The van der Waals surface area contributed by atoms with Gasteiger partial charge in [-0.3, -0.25) is 5.32 Å². The van der Waals surface area contributed by atoms with Crippen molar-refractivity contribution in [2.45, 2.75) is 13.0 Å². The van der Waals surface area contributed by atoms with Gasteiger partial charge in [-0.1, -0.05) is 91.0 Å². The first-order chi connectivity index (χ1) is 16.7. The molecule has 1 heterocycles. The van der Waals surface area contributed by atoms with E-state index in [4.69, 9.17) is 9.72 Å². The van der Waals surface area contributed by atoms with Gasteiger partial charge in [0.2, 0.25) is 0 Å². The van der Waals surface area contributed by atoms with Gasteiger partial charge in [0.25, 0.3) is 0 Å². The first kappa shape index (κ1) is 21.5. The number of benzene rings is 4. The van der Waals surface area contributed by atoms with Crippen molar-refractivity contribution in [3.8, 4) is 11.4 Å². The van der Waals surface area contributed by atoms with Gasteiger partial charge in [0, 0.05) is 11.3 Å². The Morgan fingerprint density at radius 2 is 1.44 bits per heavy atom. The summed E-state index contributed by atoms with van der Waals surface area (Å²) in [7, 11) is 0. The first-order valence-electron chi connectivity index (χ1n) is 11.4. The highest BCUT2D eigenvalue weighted by Crippen LogP contribution is 2.36. The average molecular weight is 448 g/mol. The summed E-state index contributed by atoms with van der Waals surface area (Å²) in [6, 6.07) is 36.7. The monoisotopic (exact) mass is 447 g/mol. The normalized spacial score (nSPS) is 11.0. The molecule has 1 amide bonds. The third-order valence-corrected chi connectivity index (χ3v) is 5.73. The average Bonchev–Trinajstić information content (AvgIpc) is 3.25. The van der Waals surface area contributed by atoms with E-state index in [1.54, 1.807) is 6.92 Å². The third kappa shape index (κ3) is 4.28. The quantitative estimate of drug-likeness (QED) is 0.308. The lowest BCUT2D eigenvalue weighted by molar-refractivity contribution is 0.168. The van der Waals surface area contributed by atoms with Crippen molar-refractivity contribution in [1.29, 1.82) is 0 Å². The van der Waals surface area contributed by atoms with Crippen molar-refractivity contribution in [1.82, 2.24) is 9.55 Å². The zero-order valence-corrected chi connectivity index (χ0v) is 18.9. The van der Waals surface area contributed by atoms with E-state index in [2.05, 4.69) is 70.5 Å². The van der Waals surface area contributed by atoms with Crippen molar-refractivity contribution >= 4 is 22.8 Å². The number of hydrogen-bond donors (Lipinski definition) is 1. The van der Waals surface area contributed by atoms with Crippen LogP contribution in [0.1, 0.15) is 24.1 Å². The molecule has 1 N–H and O–H groups in total. The summed E-state index contributed by atoms with van der Waals surface area (Å²) < 4.78 is 7.33. The fourth-order valence-corrected chi connectivity index (χ4v) is 4.27. The van der Waals surface area contributed by atoms with Crippen molar-refractivity contribution in [3.05, 3.63) is 120 Å². The van der Waals surface area contributed by atoms with E-state index in [-0.39, 0.29) is 6.04 Å². The van der Waals surface area contributed by atoms with Crippen LogP contribution in [0.15, 0.2) is 109 Å². The molecule has 5 heteroatoms. The Labute approximate surface area is 198 Å². The predicted octanol–water partition coefficient (Wildman–Crippen LogP) is 6.91. The molecule has 0 bridgehead atoms. The first-order valence-corrected chi connectivity index (χ1v) is 11.4. The molecule has 5 nitrogen and oxygen atoms in total. The van der Waals surface area contributed by atoms with Crippen molar-refractivity contribution < 1.29 is 9.53 Å². The maximum atomic E-state index is 12.1. The van der Waals surface area contributed by atoms with E-state index in [1.165, 1.54) is 0 Å². The van der Waals surface area contributed by atoms with Crippen molar-refractivity contribution in [2.24, 2.45) is 0 Å². The highest BCUT2D eigenvalue weighted by Gasteiger charge is 2.24. The molecule has 0 spiro atoms. The fraction of sp³-hybridized carbons (Fsp3) is 0.103. The zero-order chi connectivity index (χ0) is 23.3. The molecule has 0 fully saturated rings. The third-order valence-electron chi connectivity index (χ3n) is 5.73. The Kier molecular flexibility index (Phi) is 6.08. The summed E-state index contributed by atoms with van der Waals surface area (Å²) in [5.41, 5.74) is 5.75. The number of rotatable bonds is 6. The van der Waals surface area contributed by atoms with Gasteiger partial charge in [0.05, 0.1) is 23.7 Å². The molecule has 0 aliphatic heterocycles. The lowest BCUT2D eigenvalue weighted by atomic mass is 9.97. The second kappa shape index (κ2) is 9.63. The van der Waals surface area contributed by atoms with Crippen LogP contribution in [0.5, 0.6) is 0 Å². The number of nitrogens with zero attached hydrogens (tertiary/aromatic N) is 2. The van der Waals surface area contributed by atoms with E-state index in [9.17, 15) is 4.79 Å². The molecule has 0 radical (unpaired) electrons. The minimum Gasteiger partial charge on any atom is -0.450 e. The summed E-state index contributed by atoms with van der Waals surface area (Å²) in [5.74, 6) is 0.863. The van der Waals surface area contributed by atoms with Crippen LogP contribution in [-0.4, -0.2) is 22.3 Å². The summed E-state index contributed by atoms with van der Waals surface area (Å²) in [4.78, 5) is 17.1. The Bertz CT molecular complexity index is 1360. The minimum atomic E-state index is -0.473. The van der Waals surface area contributed by atoms with Gasteiger partial charge in [0.1, 0.15) is 5.82 Å². The van der Waals surface area contributed by atoms with Gasteiger partial charge < -0.3 is 9.30 Å². The molecule has 0 aliphatic carbocycles. The SMILES string of the molecule is CCOC(=O)Nc1ccc2nc(-c3ccccc3)n(C(c3ccccc3)c3ccccc3)c2c1. The number of nitrogens with one attached hydrogen (secondary N) is 1. The smallest absolute Gasteiger partial charge is 0.411 e. The Morgan fingerprint density at radius 3 is 2.03 bits per heavy atom. The number of imidazole rings is 1. The number of amides is 1. The van der Waals surface area contributed by atoms with Crippen LogP contribution >= 0.6 is 0 Å². The molecule has 0 unspecified atom stereocenters. The highest BCUT2D eigenvalue weighted by molar-refractivity contribution is 5.90. The predicted molar refractivity (Wildman–Crippen MR) is 136 cm³/mol. The van der Waals surface area contributed by atoms with Crippen molar-refractivity contribution in [3.63, 3.8) is 0 Å². The van der Waals surface area contributed by atoms with E-state index >= 15 is 0 Å². The van der Waals surface area contributed by atoms with E-state index in [1.807, 2.05) is 48.5 Å². The highest BCUT2D eigenvalue weighted by atomic mass is 16.5. The lowest BCUT2D eigenvalue weighted by Crippen LogP contribution is -2.15. The lowest BCUT2D eigenvalue weighted by Gasteiger charge is -2.23. The standard InChI is InChI=1S/C29H25N3O2/c1-2-34-29(33)30-24-18-19-25-26(20-24)32(28(31-25)23-16-10-5-11-17-23)27(21-12-6-3-7-13-21)22-14-8-4-9-15-22/h3-20,27H,2H2,1H3,(H,30,33). The molecule has 0 saturated carbocycles. The Hall–Kier alpha value is -4.38. The minimum absolute atomic E-state index is 0.111. The molecule has 0 saturated heterocycles. The van der Waals surface area contributed by atoms with E-state index < -0.39 is 6.09 Å². The number of carbonyl (C=O) groups is 1. The zero-order valence-electron chi connectivity index (χ0n) is 18.9. The summed E-state index contributed by atoms with van der Waals surface area (Å²) >= 11 is 0. The van der Waals surface area contributed by atoms with Crippen LogP contribution in [0.4, 0.5) is 10.5 Å². The number of ether oxygens (including phenoxy) is 1. The van der Waals surface area contributed by atoms with Gasteiger partial charge in [-0.05, 0) is 36.2 Å². The molecule has 5 rings (SSSR count). The van der Waals surface area contributed by atoms with E-state index in [0.29, 0.717) is 12.3 Å². The van der Waals surface area contributed by atoms with Crippen molar-refractivity contribution in [2.75, 3.05) is 11.9 Å².